The first-order valence-electron chi connectivity index (χ1n) is 11.6. The second-order valence-electron chi connectivity index (χ2n) is 8.46. The van der Waals surface area contributed by atoms with Crippen molar-refractivity contribution in [3.63, 3.8) is 0 Å². The Morgan fingerprint density at radius 3 is 2.17 bits per heavy atom. The molecule has 0 radical (unpaired) electrons. The maximum atomic E-state index is 13.0. The predicted octanol–water partition coefficient (Wildman–Crippen LogP) is 0.536. The van der Waals surface area contributed by atoms with Crippen LogP contribution in [-0.2, 0) is 23.9 Å². The highest BCUT2D eigenvalue weighted by Crippen LogP contribution is 2.29. The Labute approximate surface area is 203 Å². The van der Waals surface area contributed by atoms with Gasteiger partial charge in [0, 0.05) is 6.42 Å². The number of hydrogen-bond acceptors (Lipinski definition) is 8. The molecule has 11 nitrogen and oxygen atoms in total. The van der Waals surface area contributed by atoms with Crippen LogP contribution < -0.4 is 5.32 Å². The fraction of sp³-hybridized carbons (Fsp3) is 0.500. The lowest BCUT2D eigenvalue weighted by Gasteiger charge is -2.34. The van der Waals surface area contributed by atoms with Crippen molar-refractivity contribution in [2.45, 2.75) is 58.7 Å². The number of fused-ring (bicyclic) bond motifs is 1. The van der Waals surface area contributed by atoms with Gasteiger partial charge >= 0.3 is 5.97 Å². The number of benzene rings is 1. The van der Waals surface area contributed by atoms with E-state index >= 15 is 0 Å². The van der Waals surface area contributed by atoms with Gasteiger partial charge in [-0.05, 0) is 45.5 Å². The van der Waals surface area contributed by atoms with Crippen LogP contribution in [0.15, 0.2) is 24.3 Å². The van der Waals surface area contributed by atoms with Crippen molar-refractivity contribution in [1.29, 1.82) is 0 Å². The van der Waals surface area contributed by atoms with Crippen LogP contribution in [0.25, 0.3) is 0 Å². The number of carbonyl (C=O) groups is 6. The molecule has 0 spiro atoms. The molecule has 2 aliphatic rings. The minimum atomic E-state index is -1.18. The molecular weight excluding hydrogens is 456 g/mol. The summed E-state index contributed by atoms with van der Waals surface area (Å²) in [5.74, 6) is -3.76. The van der Waals surface area contributed by atoms with E-state index in [1.165, 1.54) is 19.1 Å². The van der Waals surface area contributed by atoms with Gasteiger partial charge in [0.1, 0.15) is 12.1 Å². The van der Waals surface area contributed by atoms with Crippen molar-refractivity contribution in [3.05, 3.63) is 35.4 Å². The third-order valence-corrected chi connectivity index (χ3v) is 6.41. The normalized spacial score (nSPS) is 19.6. The average Bonchev–Trinajstić information content (AvgIpc) is 3.09. The SMILES string of the molecule is CCN(CC)C(C)C(=O)N[C@@H](C)C(=O)OCN1C(=O)CC[C@H](N2C(=O)c3ccccc3C2=O)C1=O. The van der Waals surface area contributed by atoms with E-state index in [0.29, 0.717) is 13.1 Å². The van der Waals surface area contributed by atoms with Crippen molar-refractivity contribution in [2.75, 3.05) is 19.8 Å². The number of carbonyl (C=O) groups excluding carboxylic acids is 6. The number of imide groups is 2. The van der Waals surface area contributed by atoms with Gasteiger partial charge in [0.25, 0.3) is 17.7 Å². The number of amides is 5. The summed E-state index contributed by atoms with van der Waals surface area (Å²) in [7, 11) is 0. The van der Waals surface area contributed by atoms with Crippen molar-refractivity contribution in [2.24, 2.45) is 0 Å². The van der Waals surface area contributed by atoms with Crippen molar-refractivity contribution >= 4 is 35.5 Å². The number of nitrogens with one attached hydrogen (secondary N) is 1. The average molecular weight is 487 g/mol. The summed E-state index contributed by atoms with van der Waals surface area (Å²) >= 11 is 0. The summed E-state index contributed by atoms with van der Waals surface area (Å²) < 4.78 is 5.13. The standard InChI is InChI=1S/C24H30N4O7/c1-5-26(6-2)15(4)20(30)25-14(3)24(34)35-13-27-19(29)12-11-18(23(27)33)28-21(31)16-9-7-8-10-17(16)22(28)32/h7-10,14-15,18H,5-6,11-13H2,1-4H3,(H,25,30)/t14-,15?,18-/m0/s1. The molecule has 188 valence electrons. The topological polar surface area (TPSA) is 133 Å². The molecule has 1 aromatic rings. The minimum absolute atomic E-state index is 0.0106. The molecule has 1 N–H and O–H groups in total. The minimum Gasteiger partial charge on any atom is -0.442 e. The second-order valence-corrected chi connectivity index (χ2v) is 8.46. The molecule has 2 aliphatic heterocycles. The third-order valence-electron chi connectivity index (χ3n) is 6.41. The molecule has 2 heterocycles. The van der Waals surface area contributed by atoms with Crippen LogP contribution in [0.5, 0.6) is 0 Å². The highest BCUT2D eigenvalue weighted by Gasteiger charge is 2.47. The fourth-order valence-corrected chi connectivity index (χ4v) is 4.27. The molecule has 3 atom stereocenters. The summed E-state index contributed by atoms with van der Waals surface area (Å²) in [6, 6.07) is 3.61. The zero-order chi connectivity index (χ0) is 25.9. The largest absolute Gasteiger partial charge is 0.442 e. The van der Waals surface area contributed by atoms with Gasteiger partial charge in [-0.25, -0.2) is 9.69 Å². The second kappa shape index (κ2) is 10.8. The van der Waals surface area contributed by atoms with Crippen LogP contribution in [0, 0.1) is 0 Å². The molecule has 11 heteroatoms. The Morgan fingerprint density at radius 1 is 1.06 bits per heavy atom. The lowest BCUT2D eigenvalue weighted by molar-refractivity contribution is -0.165. The molecule has 1 unspecified atom stereocenters. The highest BCUT2D eigenvalue weighted by atomic mass is 16.5. The zero-order valence-electron chi connectivity index (χ0n) is 20.3. The maximum absolute atomic E-state index is 13.0. The van der Waals surface area contributed by atoms with Gasteiger partial charge in [-0.2, -0.15) is 0 Å². The third kappa shape index (κ3) is 5.09. The molecule has 35 heavy (non-hydrogen) atoms. The lowest BCUT2D eigenvalue weighted by atomic mass is 10.0. The quantitative estimate of drug-likeness (QED) is 0.395. The summed E-state index contributed by atoms with van der Waals surface area (Å²) in [6.45, 7) is 7.66. The summed E-state index contributed by atoms with van der Waals surface area (Å²) in [4.78, 5) is 79.3. The molecule has 0 bridgehead atoms. The monoisotopic (exact) mass is 486 g/mol. The predicted molar refractivity (Wildman–Crippen MR) is 123 cm³/mol. The van der Waals surface area contributed by atoms with Crippen LogP contribution >= 0.6 is 0 Å². The van der Waals surface area contributed by atoms with E-state index < -0.39 is 54.5 Å². The Bertz CT molecular complexity index is 1020. The van der Waals surface area contributed by atoms with Gasteiger partial charge in [-0.1, -0.05) is 26.0 Å². The van der Waals surface area contributed by atoms with Gasteiger partial charge in [-0.3, -0.25) is 33.8 Å². The number of likely N-dealkylation sites (tertiary alicyclic amines) is 1. The zero-order valence-corrected chi connectivity index (χ0v) is 20.3. The molecule has 5 amide bonds. The van der Waals surface area contributed by atoms with E-state index in [9.17, 15) is 28.8 Å². The number of nitrogens with zero attached hydrogens (tertiary/aromatic N) is 3. The summed E-state index contributed by atoms with van der Waals surface area (Å²) in [5, 5.41) is 2.57. The number of likely N-dealkylation sites (N-methyl/N-ethyl adjacent to an activating group) is 1. The lowest BCUT2D eigenvalue weighted by Crippen LogP contribution is -2.57. The first-order valence-corrected chi connectivity index (χ1v) is 11.6. The first-order chi connectivity index (χ1) is 16.6. The molecule has 1 saturated heterocycles. The van der Waals surface area contributed by atoms with Gasteiger partial charge in [0.05, 0.1) is 17.2 Å². The number of piperidine rings is 1. The maximum Gasteiger partial charge on any atom is 0.330 e. The Kier molecular flexibility index (Phi) is 8.00. The summed E-state index contributed by atoms with van der Waals surface area (Å²) in [5.41, 5.74) is 0.396. The van der Waals surface area contributed by atoms with Gasteiger partial charge in [-0.15, -0.1) is 0 Å². The molecule has 3 rings (SSSR count). The van der Waals surface area contributed by atoms with Crippen molar-refractivity contribution in [1.82, 2.24) is 20.0 Å². The van der Waals surface area contributed by atoms with Gasteiger partial charge in [0.15, 0.2) is 6.73 Å². The Morgan fingerprint density at radius 2 is 1.63 bits per heavy atom. The van der Waals surface area contributed by atoms with Crippen LogP contribution in [0.1, 0.15) is 61.3 Å². The molecular formula is C24H30N4O7. The van der Waals surface area contributed by atoms with E-state index in [0.717, 1.165) is 9.80 Å². The summed E-state index contributed by atoms with van der Waals surface area (Å²) in [6.07, 6.45) is -0.113. The smallest absolute Gasteiger partial charge is 0.330 e. The molecule has 1 fully saturated rings. The molecule has 0 aromatic heterocycles. The van der Waals surface area contributed by atoms with Crippen LogP contribution in [0.3, 0.4) is 0 Å². The number of hydrogen-bond donors (Lipinski definition) is 1. The Hall–Kier alpha value is -3.60. The van der Waals surface area contributed by atoms with Crippen LogP contribution in [-0.4, -0.2) is 88.2 Å². The van der Waals surface area contributed by atoms with Crippen LogP contribution in [0.2, 0.25) is 0 Å². The molecule has 1 aromatic carbocycles. The van der Waals surface area contributed by atoms with Gasteiger partial charge in [0.2, 0.25) is 11.8 Å². The number of ether oxygens (including phenoxy) is 1. The van der Waals surface area contributed by atoms with Gasteiger partial charge < -0.3 is 10.1 Å². The van der Waals surface area contributed by atoms with E-state index in [1.807, 2.05) is 18.7 Å². The first kappa shape index (κ1) is 26.0. The molecule has 0 aliphatic carbocycles. The van der Waals surface area contributed by atoms with Crippen molar-refractivity contribution in [3.8, 4) is 0 Å². The molecule has 0 saturated carbocycles. The highest BCUT2D eigenvalue weighted by molar-refractivity contribution is 6.23. The Balaban J connectivity index is 1.62. The van der Waals surface area contributed by atoms with Crippen LogP contribution in [0.4, 0.5) is 0 Å². The number of rotatable bonds is 9. The van der Waals surface area contributed by atoms with E-state index in [-0.39, 0.29) is 29.9 Å². The van der Waals surface area contributed by atoms with E-state index in [4.69, 9.17) is 4.74 Å². The van der Waals surface area contributed by atoms with E-state index in [2.05, 4.69) is 5.32 Å². The fourth-order valence-electron chi connectivity index (χ4n) is 4.27. The van der Waals surface area contributed by atoms with E-state index in [1.54, 1.807) is 19.1 Å². The van der Waals surface area contributed by atoms with Crippen molar-refractivity contribution < 1.29 is 33.5 Å². The number of esters is 1.